The largest absolute Gasteiger partial charge is 0.378 e. The molecule has 8 heteroatoms. The molecule has 0 atom stereocenters. The third-order valence-electron chi connectivity index (χ3n) is 3.30. The van der Waals surface area contributed by atoms with Crippen LogP contribution in [0.3, 0.4) is 0 Å². The third-order valence-corrected chi connectivity index (χ3v) is 5.13. The molecule has 0 aromatic carbocycles. The molecule has 1 aliphatic heterocycles. The summed E-state index contributed by atoms with van der Waals surface area (Å²) in [4.78, 5) is 10.3. The maximum absolute atomic E-state index is 12.2. The summed E-state index contributed by atoms with van der Waals surface area (Å²) in [6.45, 7) is 6.23. The first-order valence-electron chi connectivity index (χ1n) is 7.09. The first kappa shape index (κ1) is 16.1. The van der Waals surface area contributed by atoms with Gasteiger partial charge in [-0.1, -0.05) is 0 Å². The molecule has 2 heterocycles. The van der Waals surface area contributed by atoms with Gasteiger partial charge in [0.25, 0.3) is 0 Å². The van der Waals surface area contributed by atoms with E-state index in [9.17, 15) is 8.42 Å². The fourth-order valence-corrected chi connectivity index (χ4v) is 3.45. The standard InChI is InChI=1S/C13H22N4O3S/c1-12(2)20-9-10-21(18,19)17-7-5-16(6-8-17)13-11-14-3-4-15-13/h3-4,11-12H,5-10H2,1-2H3. The summed E-state index contributed by atoms with van der Waals surface area (Å²) < 4.78 is 31.3. The molecule has 0 spiro atoms. The van der Waals surface area contributed by atoms with Crippen molar-refractivity contribution in [3.05, 3.63) is 18.6 Å². The van der Waals surface area contributed by atoms with E-state index in [4.69, 9.17) is 4.74 Å². The van der Waals surface area contributed by atoms with Crippen molar-refractivity contribution in [3.63, 3.8) is 0 Å². The van der Waals surface area contributed by atoms with Gasteiger partial charge in [-0.05, 0) is 13.8 Å². The fourth-order valence-electron chi connectivity index (χ4n) is 2.17. The lowest BCUT2D eigenvalue weighted by Crippen LogP contribution is -2.49. The second-order valence-electron chi connectivity index (χ2n) is 5.19. The molecule has 0 amide bonds. The molecule has 0 bridgehead atoms. The van der Waals surface area contributed by atoms with Crippen LogP contribution in [0, 0.1) is 0 Å². The normalized spacial score (nSPS) is 17.4. The van der Waals surface area contributed by atoms with Gasteiger partial charge in [0.1, 0.15) is 5.82 Å². The summed E-state index contributed by atoms with van der Waals surface area (Å²) in [6.07, 6.45) is 5.01. The molecule has 0 radical (unpaired) electrons. The van der Waals surface area contributed by atoms with Gasteiger partial charge in [-0.2, -0.15) is 4.31 Å². The van der Waals surface area contributed by atoms with Gasteiger partial charge >= 0.3 is 0 Å². The highest BCUT2D eigenvalue weighted by molar-refractivity contribution is 7.89. The SMILES string of the molecule is CC(C)OCCS(=O)(=O)N1CCN(c2cnccn2)CC1. The Morgan fingerprint density at radius 2 is 1.95 bits per heavy atom. The predicted molar refractivity (Wildman–Crippen MR) is 80.7 cm³/mol. The lowest BCUT2D eigenvalue weighted by atomic mass is 10.3. The maximum Gasteiger partial charge on any atom is 0.216 e. The van der Waals surface area contributed by atoms with Gasteiger partial charge in [-0.3, -0.25) is 4.98 Å². The molecular weight excluding hydrogens is 292 g/mol. The van der Waals surface area contributed by atoms with E-state index < -0.39 is 10.0 Å². The molecule has 0 saturated carbocycles. The van der Waals surface area contributed by atoms with Crippen molar-refractivity contribution in [1.29, 1.82) is 0 Å². The van der Waals surface area contributed by atoms with Gasteiger partial charge in [0.15, 0.2) is 0 Å². The molecule has 0 N–H and O–H groups in total. The molecule has 7 nitrogen and oxygen atoms in total. The number of ether oxygens (including phenoxy) is 1. The number of nitrogens with zero attached hydrogens (tertiary/aromatic N) is 4. The van der Waals surface area contributed by atoms with Crippen LogP contribution >= 0.6 is 0 Å². The third kappa shape index (κ3) is 4.62. The Hall–Kier alpha value is -1.25. The van der Waals surface area contributed by atoms with E-state index in [2.05, 4.69) is 9.97 Å². The quantitative estimate of drug-likeness (QED) is 0.754. The van der Waals surface area contributed by atoms with Crippen molar-refractivity contribution in [1.82, 2.24) is 14.3 Å². The smallest absolute Gasteiger partial charge is 0.216 e. The van der Waals surface area contributed by atoms with E-state index in [1.54, 1.807) is 18.6 Å². The number of piperazine rings is 1. The second kappa shape index (κ2) is 7.15. The van der Waals surface area contributed by atoms with Crippen LogP contribution in [0.25, 0.3) is 0 Å². The lowest BCUT2D eigenvalue weighted by Gasteiger charge is -2.34. The van der Waals surface area contributed by atoms with Gasteiger partial charge < -0.3 is 9.64 Å². The second-order valence-corrected chi connectivity index (χ2v) is 7.27. The van der Waals surface area contributed by atoms with Gasteiger partial charge in [0, 0.05) is 38.6 Å². The van der Waals surface area contributed by atoms with Gasteiger partial charge in [0.05, 0.1) is 24.7 Å². The topological polar surface area (TPSA) is 75.6 Å². The van der Waals surface area contributed by atoms with Crippen molar-refractivity contribution >= 4 is 15.8 Å². The number of hydrogen-bond acceptors (Lipinski definition) is 6. The van der Waals surface area contributed by atoms with Crippen LogP contribution in [0.2, 0.25) is 0 Å². The van der Waals surface area contributed by atoms with Gasteiger partial charge in [-0.25, -0.2) is 13.4 Å². The minimum Gasteiger partial charge on any atom is -0.378 e. The molecule has 21 heavy (non-hydrogen) atoms. The molecular formula is C13H22N4O3S. The number of aromatic nitrogens is 2. The molecule has 1 aromatic rings. The van der Waals surface area contributed by atoms with E-state index in [-0.39, 0.29) is 18.5 Å². The predicted octanol–water partition coefficient (Wildman–Crippen LogP) is 0.353. The van der Waals surface area contributed by atoms with Crippen molar-refractivity contribution in [2.45, 2.75) is 20.0 Å². The zero-order valence-corrected chi connectivity index (χ0v) is 13.3. The Labute approximate surface area is 126 Å². The highest BCUT2D eigenvalue weighted by atomic mass is 32.2. The van der Waals surface area contributed by atoms with Crippen molar-refractivity contribution in [3.8, 4) is 0 Å². The first-order chi connectivity index (χ1) is 9.99. The number of sulfonamides is 1. The Morgan fingerprint density at radius 3 is 2.52 bits per heavy atom. The molecule has 0 aliphatic carbocycles. The molecule has 1 fully saturated rings. The van der Waals surface area contributed by atoms with Crippen LogP contribution in [0.1, 0.15) is 13.8 Å². The summed E-state index contributed by atoms with van der Waals surface area (Å²) in [7, 11) is -3.24. The average molecular weight is 314 g/mol. The minimum absolute atomic E-state index is 0.0380. The number of anilines is 1. The summed E-state index contributed by atoms with van der Waals surface area (Å²) >= 11 is 0. The van der Waals surface area contributed by atoms with Crippen molar-refractivity contribution in [2.75, 3.05) is 43.4 Å². The van der Waals surface area contributed by atoms with E-state index >= 15 is 0 Å². The highest BCUT2D eigenvalue weighted by Gasteiger charge is 2.27. The Bertz CT molecular complexity index is 528. The molecule has 118 valence electrons. The van der Waals surface area contributed by atoms with E-state index in [0.29, 0.717) is 26.2 Å². The fraction of sp³-hybridized carbons (Fsp3) is 0.692. The Morgan fingerprint density at radius 1 is 1.24 bits per heavy atom. The Kier molecular flexibility index (Phi) is 5.49. The van der Waals surface area contributed by atoms with E-state index in [0.717, 1.165) is 5.82 Å². The van der Waals surface area contributed by atoms with Crippen molar-refractivity contribution in [2.24, 2.45) is 0 Å². The number of hydrogen-bond donors (Lipinski definition) is 0. The molecule has 0 unspecified atom stereocenters. The highest BCUT2D eigenvalue weighted by Crippen LogP contribution is 2.14. The van der Waals surface area contributed by atoms with Crippen LogP contribution in [0.5, 0.6) is 0 Å². The summed E-state index contributed by atoms with van der Waals surface area (Å²) in [5.41, 5.74) is 0. The van der Waals surface area contributed by atoms with Gasteiger partial charge in [-0.15, -0.1) is 0 Å². The van der Waals surface area contributed by atoms with Crippen LogP contribution in [0.15, 0.2) is 18.6 Å². The van der Waals surface area contributed by atoms with Crippen LogP contribution < -0.4 is 4.90 Å². The van der Waals surface area contributed by atoms with Crippen LogP contribution in [0.4, 0.5) is 5.82 Å². The van der Waals surface area contributed by atoms with E-state index in [1.165, 1.54) is 4.31 Å². The first-order valence-corrected chi connectivity index (χ1v) is 8.70. The summed E-state index contributed by atoms with van der Waals surface area (Å²) in [5, 5.41) is 0. The zero-order valence-electron chi connectivity index (χ0n) is 12.5. The molecule has 1 aromatic heterocycles. The van der Waals surface area contributed by atoms with Crippen LogP contribution in [-0.2, 0) is 14.8 Å². The summed E-state index contributed by atoms with van der Waals surface area (Å²) in [6, 6.07) is 0. The lowest BCUT2D eigenvalue weighted by molar-refractivity contribution is 0.0906. The minimum atomic E-state index is -3.24. The number of rotatable bonds is 6. The molecule has 2 rings (SSSR count). The summed E-state index contributed by atoms with van der Waals surface area (Å²) in [5.74, 6) is 0.828. The zero-order chi connectivity index (χ0) is 15.3. The molecule has 1 aliphatic rings. The maximum atomic E-state index is 12.2. The van der Waals surface area contributed by atoms with E-state index in [1.807, 2.05) is 18.7 Å². The van der Waals surface area contributed by atoms with Gasteiger partial charge in [0.2, 0.25) is 10.0 Å². The molecule has 1 saturated heterocycles. The van der Waals surface area contributed by atoms with Crippen LogP contribution in [-0.4, -0.2) is 67.3 Å². The van der Waals surface area contributed by atoms with Crippen molar-refractivity contribution < 1.29 is 13.2 Å². The monoisotopic (exact) mass is 314 g/mol. The Balaban J connectivity index is 1.85. The average Bonchev–Trinajstić information content (AvgIpc) is 2.48.